The predicted octanol–water partition coefficient (Wildman–Crippen LogP) is 1.21. The van der Waals surface area contributed by atoms with Crippen molar-refractivity contribution >= 4 is 40.2 Å². The van der Waals surface area contributed by atoms with Crippen LogP contribution in [0.3, 0.4) is 0 Å². The Hall–Kier alpha value is -1.11. The van der Waals surface area contributed by atoms with Crippen molar-refractivity contribution in [2.75, 3.05) is 13.1 Å². The van der Waals surface area contributed by atoms with E-state index in [0.29, 0.717) is 18.7 Å². The molecule has 0 aliphatic heterocycles. The fourth-order valence-corrected chi connectivity index (χ4v) is 2.02. The Balaban J connectivity index is 0.00000200. The first-order valence-corrected chi connectivity index (χ1v) is 6.91. The van der Waals surface area contributed by atoms with E-state index in [1.54, 1.807) is 18.2 Å². The molecule has 0 aromatic heterocycles. The molecule has 4 N–H and O–H groups in total. The first-order chi connectivity index (χ1) is 9.01. The third kappa shape index (κ3) is 4.47. The Morgan fingerprint density at radius 1 is 1.25 bits per heavy atom. The van der Waals surface area contributed by atoms with Crippen molar-refractivity contribution in [3.8, 4) is 0 Å². The number of rotatable bonds is 5. The van der Waals surface area contributed by atoms with Crippen molar-refractivity contribution in [3.63, 3.8) is 0 Å². The van der Waals surface area contributed by atoms with Gasteiger partial charge in [0, 0.05) is 23.1 Å². The summed E-state index contributed by atoms with van der Waals surface area (Å²) in [6, 6.07) is 7.13. The summed E-state index contributed by atoms with van der Waals surface area (Å²) in [6.45, 7) is 0.769. The first kappa shape index (κ1) is 16.9. The standard InChI is InChI=1S/C13H16BrN3O2.ClH/c14-10-3-1-2-9(8-10)11(18)16-6-7-17-12(19)13(15)4-5-13;/h1-3,8H,4-7,15H2,(H,16,18)(H,17,19);1H. The van der Waals surface area contributed by atoms with E-state index >= 15 is 0 Å². The van der Waals surface area contributed by atoms with Gasteiger partial charge in [-0.25, -0.2) is 0 Å². The van der Waals surface area contributed by atoms with Crippen molar-refractivity contribution < 1.29 is 9.59 Å². The van der Waals surface area contributed by atoms with Gasteiger partial charge in [0.25, 0.3) is 5.91 Å². The van der Waals surface area contributed by atoms with Gasteiger partial charge in [-0.1, -0.05) is 22.0 Å². The van der Waals surface area contributed by atoms with Gasteiger partial charge in [0.05, 0.1) is 5.54 Å². The van der Waals surface area contributed by atoms with E-state index in [1.165, 1.54) is 0 Å². The summed E-state index contributed by atoms with van der Waals surface area (Å²) in [7, 11) is 0. The Kier molecular flexibility index (Phi) is 5.98. The van der Waals surface area contributed by atoms with Crippen LogP contribution in [0.1, 0.15) is 23.2 Å². The molecule has 0 spiro atoms. The highest BCUT2D eigenvalue weighted by Crippen LogP contribution is 2.31. The number of carbonyl (C=O) groups is 2. The number of carbonyl (C=O) groups excluding carboxylic acids is 2. The smallest absolute Gasteiger partial charge is 0.251 e. The van der Waals surface area contributed by atoms with Gasteiger partial charge < -0.3 is 16.4 Å². The maximum Gasteiger partial charge on any atom is 0.251 e. The minimum atomic E-state index is -0.658. The molecule has 1 fully saturated rings. The number of hydrogen-bond donors (Lipinski definition) is 3. The van der Waals surface area contributed by atoms with Gasteiger partial charge in [0.1, 0.15) is 0 Å². The first-order valence-electron chi connectivity index (χ1n) is 6.12. The fraction of sp³-hybridized carbons (Fsp3) is 0.385. The summed E-state index contributed by atoms with van der Waals surface area (Å²) in [5.74, 6) is -0.298. The lowest BCUT2D eigenvalue weighted by molar-refractivity contribution is -0.123. The minimum absolute atomic E-state index is 0. The van der Waals surface area contributed by atoms with Crippen molar-refractivity contribution in [1.29, 1.82) is 0 Å². The number of nitrogens with two attached hydrogens (primary N) is 1. The van der Waals surface area contributed by atoms with Gasteiger partial charge in [0.15, 0.2) is 0 Å². The molecule has 0 saturated heterocycles. The van der Waals surface area contributed by atoms with E-state index in [2.05, 4.69) is 26.6 Å². The summed E-state index contributed by atoms with van der Waals surface area (Å²) in [5.41, 5.74) is 5.66. The molecule has 1 aliphatic carbocycles. The van der Waals surface area contributed by atoms with Crippen molar-refractivity contribution in [2.45, 2.75) is 18.4 Å². The molecule has 2 amide bonds. The quantitative estimate of drug-likeness (QED) is 0.688. The van der Waals surface area contributed by atoms with Crippen LogP contribution in [0, 0.1) is 0 Å². The molecule has 1 saturated carbocycles. The number of halogens is 2. The highest BCUT2D eigenvalue weighted by atomic mass is 79.9. The molecule has 0 bridgehead atoms. The van der Waals surface area contributed by atoms with Gasteiger partial charge >= 0.3 is 0 Å². The fourth-order valence-electron chi connectivity index (χ4n) is 1.62. The van der Waals surface area contributed by atoms with Crippen LogP contribution in [-0.4, -0.2) is 30.4 Å². The van der Waals surface area contributed by atoms with Crippen molar-refractivity contribution in [2.24, 2.45) is 5.73 Å². The van der Waals surface area contributed by atoms with E-state index in [0.717, 1.165) is 17.3 Å². The minimum Gasteiger partial charge on any atom is -0.353 e. The highest BCUT2D eigenvalue weighted by molar-refractivity contribution is 9.10. The maximum atomic E-state index is 11.8. The second kappa shape index (κ2) is 7.06. The van der Waals surface area contributed by atoms with Crippen LogP contribution in [0.4, 0.5) is 0 Å². The molecular weight excluding hydrogens is 346 g/mol. The Bertz CT molecular complexity index is 506. The normalized spacial score (nSPS) is 14.9. The molecule has 20 heavy (non-hydrogen) atoms. The number of nitrogens with one attached hydrogen (secondary N) is 2. The molecule has 0 unspecified atom stereocenters. The van der Waals surface area contributed by atoms with E-state index in [4.69, 9.17) is 5.73 Å². The van der Waals surface area contributed by atoms with Crippen LogP contribution in [0.15, 0.2) is 28.7 Å². The molecular formula is C13H17BrClN3O2. The molecule has 1 aromatic carbocycles. The lowest BCUT2D eigenvalue weighted by Crippen LogP contribution is -2.45. The van der Waals surface area contributed by atoms with Crippen LogP contribution in [-0.2, 0) is 4.79 Å². The second-order valence-electron chi connectivity index (χ2n) is 4.68. The third-order valence-corrected chi connectivity index (χ3v) is 3.52. The molecule has 0 radical (unpaired) electrons. The van der Waals surface area contributed by atoms with Crippen molar-refractivity contribution in [3.05, 3.63) is 34.3 Å². The van der Waals surface area contributed by atoms with E-state index < -0.39 is 5.54 Å². The Morgan fingerprint density at radius 3 is 2.50 bits per heavy atom. The molecule has 110 valence electrons. The summed E-state index contributed by atoms with van der Waals surface area (Å²) >= 11 is 3.31. The van der Waals surface area contributed by atoms with Crippen LogP contribution >= 0.6 is 28.3 Å². The molecule has 7 heteroatoms. The van der Waals surface area contributed by atoms with E-state index in [9.17, 15) is 9.59 Å². The molecule has 0 atom stereocenters. The van der Waals surface area contributed by atoms with Crippen LogP contribution in [0.2, 0.25) is 0 Å². The van der Waals surface area contributed by atoms with Gasteiger partial charge in [-0.3, -0.25) is 9.59 Å². The lowest BCUT2D eigenvalue weighted by Gasteiger charge is -2.10. The Morgan fingerprint density at radius 2 is 1.90 bits per heavy atom. The zero-order valence-corrected chi connectivity index (χ0v) is 13.2. The molecule has 5 nitrogen and oxygen atoms in total. The largest absolute Gasteiger partial charge is 0.353 e. The summed E-state index contributed by atoms with van der Waals surface area (Å²) in [5, 5.41) is 5.45. The van der Waals surface area contributed by atoms with Gasteiger partial charge in [-0.15, -0.1) is 12.4 Å². The lowest BCUT2D eigenvalue weighted by atomic mass is 10.2. The van der Waals surface area contributed by atoms with Crippen LogP contribution < -0.4 is 16.4 Å². The second-order valence-corrected chi connectivity index (χ2v) is 5.59. The monoisotopic (exact) mass is 361 g/mol. The highest BCUT2D eigenvalue weighted by Gasteiger charge is 2.45. The van der Waals surface area contributed by atoms with E-state index in [-0.39, 0.29) is 24.2 Å². The van der Waals surface area contributed by atoms with E-state index in [1.807, 2.05) is 6.07 Å². The SMILES string of the molecule is Cl.NC1(C(=O)NCCNC(=O)c2cccc(Br)c2)CC1. The number of benzene rings is 1. The van der Waals surface area contributed by atoms with Crippen LogP contribution in [0.5, 0.6) is 0 Å². The van der Waals surface area contributed by atoms with Gasteiger partial charge in [-0.05, 0) is 31.0 Å². The summed E-state index contributed by atoms with van der Waals surface area (Å²) in [6.07, 6.45) is 1.48. The summed E-state index contributed by atoms with van der Waals surface area (Å²) in [4.78, 5) is 23.3. The third-order valence-electron chi connectivity index (χ3n) is 3.02. The molecule has 2 rings (SSSR count). The predicted molar refractivity (Wildman–Crippen MR) is 82.9 cm³/mol. The molecule has 1 aromatic rings. The zero-order valence-electron chi connectivity index (χ0n) is 10.8. The Labute approximate surface area is 132 Å². The van der Waals surface area contributed by atoms with Gasteiger partial charge in [0.2, 0.25) is 5.91 Å². The average molecular weight is 363 g/mol. The number of hydrogen-bond acceptors (Lipinski definition) is 3. The number of amides is 2. The topological polar surface area (TPSA) is 84.2 Å². The summed E-state index contributed by atoms with van der Waals surface area (Å²) < 4.78 is 0.854. The molecule has 0 heterocycles. The average Bonchev–Trinajstić information content (AvgIpc) is 3.13. The zero-order chi connectivity index (χ0) is 13.9. The van der Waals surface area contributed by atoms with Crippen LogP contribution in [0.25, 0.3) is 0 Å². The van der Waals surface area contributed by atoms with Crippen molar-refractivity contribution in [1.82, 2.24) is 10.6 Å². The molecule has 1 aliphatic rings. The van der Waals surface area contributed by atoms with Gasteiger partial charge in [-0.2, -0.15) is 0 Å². The maximum absolute atomic E-state index is 11.8.